The van der Waals surface area contributed by atoms with E-state index in [1.165, 1.54) is 4.90 Å². The van der Waals surface area contributed by atoms with Crippen molar-refractivity contribution >= 4 is 11.7 Å². The van der Waals surface area contributed by atoms with Gasteiger partial charge in [-0.3, -0.25) is 4.79 Å². The third-order valence-corrected chi connectivity index (χ3v) is 1.52. The van der Waals surface area contributed by atoms with Gasteiger partial charge in [0.25, 0.3) is 0 Å². The monoisotopic (exact) mass is 189 g/mol. The van der Waals surface area contributed by atoms with Crippen LogP contribution in [0.25, 0.3) is 0 Å². The van der Waals surface area contributed by atoms with Crippen molar-refractivity contribution in [2.45, 2.75) is 6.42 Å². The van der Waals surface area contributed by atoms with E-state index in [0.29, 0.717) is 13.2 Å². The molecule has 0 aliphatic heterocycles. The standard InChI is InChI=1S/C7H15N3O3/c1-10(3-4-13-2)7(11)5-6(8)9-12/h12H,3-5H2,1-2H3,(H2,8,9). The molecule has 0 spiro atoms. The minimum absolute atomic E-state index is 0.0727. The van der Waals surface area contributed by atoms with Gasteiger partial charge in [0.05, 0.1) is 13.0 Å². The summed E-state index contributed by atoms with van der Waals surface area (Å²) in [7, 11) is 3.19. The first-order valence-corrected chi connectivity index (χ1v) is 3.81. The summed E-state index contributed by atoms with van der Waals surface area (Å²) in [5, 5.41) is 10.9. The van der Waals surface area contributed by atoms with Crippen LogP contribution < -0.4 is 5.73 Å². The minimum Gasteiger partial charge on any atom is -0.409 e. The number of hydrogen-bond donors (Lipinski definition) is 2. The van der Waals surface area contributed by atoms with E-state index in [2.05, 4.69) is 5.16 Å². The van der Waals surface area contributed by atoms with Crippen LogP contribution >= 0.6 is 0 Å². The third-order valence-electron chi connectivity index (χ3n) is 1.52. The van der Waals surface area contributed by atoms with Crippen molar-refractivity contribution in [2.24, 2.45) is 10.9 Å². The molecule has 0 heterocycles. The molecule has 76 valence electrons. The molecular formula is C7H15N3O3. The van der Waals surface area contributed by atoms with E-state index in [1.54, 1.807) is 14.2 Å². The molecular weight excluding hydrogens is 174 g/mol. The Hall–Kier alpha value is -1.30. The Kier molecular flexibility index (Phi) is 5.62. The average Bonchev–Trinajstić information content (AvgIpc) is 2.13. The number of ether oxygens (including phenoxy) is 1. The molecule has 0 aromatic carbocycles. The zero-order chi connectivity index (χ0) is 10.3. The molecule has 0 unspecified atom stereocenters. The van der Waals surface area contributed by atoms with Crippen LogP contribution in [-0.2, 0) is 9.53 Å². The lowest BCUT2D eigenvalue weighted by atomic mass is 10.3. The third kappa shape index (κ3) is 5.02. The van der Waals surface area contributed by atoms with Gasteiger partial charge in [-0.2, -0.15) is 0 Å². The fourth-order valence-corrected chi connectivity index (χ4v) is 0.678. The average molecular weight is 189 g/mol. The van der Waals surface area contributed by atoms with Crippen molar-refractivity contribution in [3.8, 4) is 0 Å². The van der Waals surface area contributed by atoms with Gasteiger partial charge in [-0.25, -0.2) is 0 Å². The van der Waals surface area contributed by atoms with Crippen molar-refractivity contribution in [1.82, 2.24) is 4.90 Å². The van der Waals surface area contributed by atoms with E-state index in [1.807, 2.05) is 0 Å². The summed E-state index contributed by atoms with van der Waals surface area (Å²) in [4.78, 5) is 12.7. The maximum atomic E-state index is 11.2. The van der Waals surface area contributed by atoms with Gasteiger partial charge in [-0.15, -0.1) is 0 Å². The molecule has 0 rings (SSSR count). The molecule has 0 saturated carbocycles. The number of rotatable bonds is 5. The summed E-state index contributed by atoms with van der Waals surface area (Å²) < 4.78 is 4.79. The Morgan fingerprint density at radius 1 is 1.69 bits per heavy atom. The molecule has 0 fully saturated rings. The van der Waals surface area contributed by atoms with E-state index in [-0.39, 0.29) is 18.2 Å². The lowest BCUT2D eigenvalue weighted by Gasteiger charge is -2.15. The Bertz CT molecular complexity index is 193. The largest absolute Gasteiger partial charge is 0.409 e. The van der Waals surface area contributed by atoms with Crippen LogP contribution in [0.3, 0.4) is 0 Å². The summed E-state index contributed by atoms with van der Waals surface area (Å²) >= 11 is 0. The second-order valence-corrected chi connectivity index (χ2v) is 2.58. The second kappa shape index (κ2) is 6.24. The molecule has 6 nitrogen and oxygen atoms in total. The van der Waals surface area contributed by atoms with Crippen LogP contribution in [-0.4, -0.2) is 49.2 Å². The fraction of sp³-hybridized carbons (Fsp3) is 0.714. The first-order chi connectivity index (χ1) is 6.11. The number of carbonyl (C=O) groups excluding carboxylic acids is 1. The molecule has 0 aliphatic carbocycles. The van der Waals surface area contributed by atoms with Crippen LogP contribution in [0, 0.1) is 0 Å². The summed E-state index contributed by atoms with van der Waals surface area (Å²) in [6.45, 7) is 0.965. The van der Waals surface area contributed by atoms with Crippen molar-refractivity contribution in [1.29, 1.82) is 0 Å². The summed E-state index contributed by atoms with van der Waals surface area (Å²) in [5.41, 5.74) is 5.16. The first kappa shape index (κ1) is 11.7. The molecule has 0 radical (unpaired) electrons. The van der Waals surface area contributed by atoms with Gasteiger partial charge in [0.1, 0.15) is 5.84 Å². The number of hydrogen-bond acceptors (Lipinski definition) is 4. The highest BCUT2D eigenvalue weighted by Crippen LogP contribution is 1.90. The number of oxime groups is 1. The molecule has 13 heavy (non-hydrogen) atoms. The molecule has 6 heteroatoms. The highest BCUT2D eigenvalue weighted by Gasteiger charge is 2.09. The van der Waals surface area contributed by atoms with Gasteiger partial charge in [0, 0.05) is 20.7 Å². The van der Waals surface area contributed by atoms with Crippen LogP contribution in [0.5, 0.6) is 0 Å². The lowest BCUT2D eigenvalue weighted by Crippen LogP contribution is -2.33. The molecule has 0 atom stereocenters. The maximum Gasteiger partial charge on any atom is 0.230 e. The number of amidine groups is 1. The molecule has 3 N–H and O–H groups in total. The topological polar surface area (TPSA) is 88.2 Å². The normalized spacial score (nSPS) is 11.4. The molecule has 0 aliphatic rings. The minimum atomic E-state index is -0.202. The van der Waals surface area contributed by atoms with Gasteiger partial charge in [-0.05, 0) is 0 Å². The number of nitrogens with two attached hydrogens (primary N) is 1. The van der Waals surface area contributed by atoms with E-state index >= 15 is 0 Å². The van der Waals surface area contributed by atoms with E-state index < -0.39 is 0 Å². The summed E-state index contributed by atoms with van der Waals surface area (Å²) in [6, 6.07) is 0. The Morgan fingerprint density at radius 2 is 2.31 bits per heavy atom. The van der Waals surface area contributed by atoms with E-state index in [9.17, 15) is 4.79 Å². The van der Waals surface area contributed by atoms with E-state index in [0.717, 1.165) is 0 Å². The second-order valence-electron chi connectivity index (χ2n) is 2.58. The van der Waals surface area contributed by atoms with Crippen molar-refractivity contribution < 1.29 is 14.7 Å². The quantitative estimate of drug-likeness (QED) is 0.257. The Balaban J connectivity index is 3.82. The predicted molar refractivity (Wildman–Crippen MR) is 47.5 cm³/mol. The predicted octanol–water partition coefficient (Wildman–Crippen LogP) is -0.772. The zero-order valence-corrected chi connectivity index (χ0v) is 7.86. The van der Waals surface area contributed by atoms with Crippen molar-refractivity contribution in [2.75, 3.05) is 27.3 Å². The molecule has 0 aromatic rings. The highest BCUT2D eigenvalue weighted by atomic mass is 16.5. The van der Waals surface area contributed by atoms with Crippen LogP contribution in [0.4, 0.5) is 0 Å². The van der Waals surface area contributed by atoms with Crippen molar-refractivity contribution in [3.63, 3.8) is 0 Å². The number of likely N-dealkylation sites (N-methyl/N-ethyl adjacent to an activating group) is 1. The van der Waals surface area contributed by atoms with Gasteiger partial charge in [-0.1, -0.05) is 5.16 Å². The van der Waals surface area contributed by atoms with Crippen molar-refractivity contribution in [3.05, 3.63) is 0 Å². The summed E-state index contributed by atoms with van der Waals surface area (Å²) in [6.07, 6.45) is -0.0727. The van der Waals surface area contributed by atoms with Gasteiger partial charge < -0.3 is 20.6 Å². The van der Waals surface area contributed by atoms with Gasteiger partial charge in [0.2, 0.25) is 5.91 Å². The molecule has 0 saturated heterocycles. The molecule has 0 bridgehead atoms. The number of nitrogens with zero attached hydrogens (tertiary/aromatic N) is 2. The molecule has 0 aromatic heterocycles. The van der Waals surface area contributed by atoms with E-state index in [4.69, 9.17) is 15.7 Å². The Morgan fingerprint density at radius 3 is 2.77 bits per heavy atom. The van der Waals surface area contributed by atoms with Gasteiger partial charge >= 0.3 is 0 Å². The molecule has 1 amide bonds. The highest BCUT2D eigenvalue weighted by molar-refractivity contribution is 5.98. The maximum absolute atomic E-state index is 11.2. The van der Waals surface area contributed by atoms with Crippen LogP contribution in [0.15, 0.2) is 5.16 Å². The van der Waals surface area contributed by atoms with Crippen LogP contribution in [0.1, 0.15) is 6.42 Å². The SMILES string of the molecule is COCCN(C)C(=O)CC(N)=NO. The Labute approximate surface area is 76.9 Å². The first-order valence-electron chi connectivity index (χ1n) is 3.81. The smallest absolute Gasteiger partial charge is 0.230 e. The number of carbonyl (C=O) groups is 1. The lowest BCUT2D eigenvalue weighted by molar-refractivity contribution is -0.129. The fourth-order valence-electron chi connectivity index (χ4n) is 0.678. The number of methoxy groups -OCH3 is 1. The van der Waals surface area contributed by atoms with Gasteiger partial charge in [0.15, 0.2) is 0 Å². The number of amides is 1. The summed E-state index contributed by atoms with van der Waals surface area (Å²) in [5.74, 6) is -0.290. The zero-order valence-electron chi connectivity index (χ0n) is 7.86. The van der Waals surface area contributed by atoms with Crippen LogP contribution in [0.2, 0.25) is 0 Å².